The molecule has 4 nitrogen and oxygen atoms in total. The lowest BCUT2D eigenvalue weighted by atomic mass is 9.47. The quantitative estimate of drug-likeness (QED) is 0.765. The highest BCUT2D eigenvalue weighted by Gasteiger charge is 2.55. The number of fused-ring (bicyclic) bond motifs is 1. The molecule has 2 saturated carbocycles. The van der Waals surface area contributed by atoms with Crippen molar-refractivity contribution in [2.45, 2.75) is 44.9 Å². The second-order valence-corrected chi connectivity index (χ2v) is 5.54. The monoisotopic (exact) mass is 240 g/mol. The molecule has 0 unspecified atom stereocenters. The summed E-state index contributed by atoms with van der Waals surface area (Å²) < 4.78 is 4.71. The minimum atomic E-state index is -0.794. The van der Waals surface area contributed by atoms with Crippen LogP contribution in [0.15, 0.2) is 0 Å². The van der Waals surface area contributed by atoms with E-state index in [1.807, 2.05) is 0 Å². The summed E-state index contributed by atoms with van der Waals surface area (Å²) in [6.07, 6.45) is 5.98. The molecule has 2 rings (SSSR count). The number of rotatable bonds is 4. The predicted molar refractivity (Wildman–Crippen MR) is 61.4 cm³/mol. The zero-order valence-corrected chi connectivity index (χ0v) is 10.3. The fourth-order valence-corrected chi connectivity index (χ4v) is 3.90. The Morgan fingerprint density at radius 1 is 1.29 bits per heavy atom. The Kier molecular flexibility index (Phi) is 3.40. The summed E-state index contributed by atoms with van der Waals surface area (Å²) in [7, 11) is 1.37. The molecule has 0 aliphatic heterocycles. The standard InChI is InChI=1S/C13H20O4/c1-17-12(16)8-13(7-11(14)15)6-9-4-2-3-5-10(9)13/h9-10H,2-8H2,1H3,(H,14,15)/t9-,10-,13-/m0/s1. The van der Waals surface area contributed by atoms with Gasteiger partial charge in [-0.2, -0.15) is 0 Å². The van der Waals surface area contributed by atoms with Gasteiger partial charge in [-0.1, -0.05) is 19.3 Å². The Morgan fingerprint density at radius 3 is 2.59 bits per heavy atom. The van der Waals surface area contributed by atoms with Gasteiger partial charge in [0.15, 0.2) is 0 Å². The second-order valence-electron chi connectivity index (χ2n) is 5.54. The summed E-state index contributed by atoms with van der Waals surface area (Å²) in [6, 6.07) is 0. The van der Waals surface area contributed by atoms with Crippen LogP contribution >= 0.6 is 0 Å². The van der Waals surface area contributed by atoms with Crippen LogP contribution in [0.1, 0.15) is 44.9 Å². The number of carbonyl (C=O) groups is 2. The molecule has 2 aliphatic carbocycles. The Balaban J connectivity index is 2.08. The number of esters is 1. The Morgan fingerprint density at radius 2 is 2.00 bits per heavy atom. The van der Waals surface area contributed by atoms with Crippen molar-refractivity contribution in [3.63, 3.8) is 0 Å². The van der Waals surface area contributed by atoms with Gasteiger partial charge >= 0.3 is 11.9 Å². The van der Waals surface area contributed by atoms with Crippen LogP contribution in [0.5, 0.6) is 0 Å². The van der Waals surface area contributed by atoms with Crippen LogP contribution in [0.25, 0.3) is 0 Å². The number of methoxy groups -OCH3 is 1. The van der Waals surface area contributed by atoms with Gasteiger partial charge in [0.2, 0.25) is 0 Å². The number of hydrogen-bond acceptors (Lipinski definition) is 3. The van der Waals surface area contributed by atoms with Gasteiger partial charge in [0.1, 0.15) is 0 Å². The van der Waals surface area contributed by atoms with Crippen LogP contribution in [0.3, 0.4) is 0 Å². The number of ether oxygens (including phenoxy) is 1. The van der Waals surface area contributed by atoms with E-state index < -0.39 is 5.97 Å². The maximum absolute atomic E-state index is 11.5. The van der Waals surface area contributed by atoms with Crippen molar-refractivity contribution >= 4 is 11.9 Å². The molecule has 0 amide bonds. The summed E-state index contributed by atoms with van der Waals surface area (Å²) in [6.45, 7) is 0. The van der Waals surface area contributed by atoms with E-state index in [1.54, 1.807) is 0 Å². The van der Waals surface area contributed by atoms with E-state index >= 15 is 0 Å². The molecule has 4 heteroatoms. The number of carboxylic acids is 1. The largest absolute Gasteiger partial charge is 0.481 e. The molecular weight excluding hydrogens is 220 g/mol. The Hall–Kier alpha value is -1.06. The lowest BCUT2D eigenvalue weighted by Crippen LogP contribution is -2.51. The zero-order chi connectivity index (χ0) is 12.5. The molecule has 0 heterocycles. The van der Waals surface area contributed by atoms with Gasteiger partial charge in [0.25, 0.3) is 0 Å². The number of carbonyl (C=O) groups excluding carboxylic acids is 1. The van der Waals surface area contributed by atoms with Gasteiger partial charge in [-0.3, -0.25) is 9.59 Å². The van der Waals surface area contributed by atoms with Crippen LogP contribution in [0.2, 0.25) is 0 Å². The lowest BCUT2D eigenvalue weighted by Gasteiger charge is -2.57. The van der Waals surface area contributed by atoms with E-state index in [2.05, 4.69) is 0 Å². The first-order valence-corrected chi connectivity index (χ1v) is 6.36. The highest BCUT2D eigenvalue weighted by atomic mass is 16.5. The van der Waals surface area contributed by atoms with Gasteiger partial charge in [0, 0.05) is 0 Å². The van der Waals surface area contributed by atoms with Crippen LogP contribution in [-0.2, 0) is 14.3 Å². The van der Waals surface area contributed by atoms with E-state index in [0.29, 0.717) is 11.8 Å². The second kappa shape index (κ2) is 4.67. The fraction of sp³-hybridized carbons (Fsp3) is 0.846. The molecular formula is C13H20O4. The minimum absolute atomic E-state index is 0.114. The van der Waals surface area contributed by atoms with Crippen molar-refractivity contribution in [1.29, 1.82) is 0 Å². The van der Waals surface area contributed by atoms with Gasteiger partial charge in [-0.05, 0) is 30.1 Å². The van der Waals surface area contributed by atoms with Crippen LogP contribution in [0, 0.1) is 17.3 Å². The molecule has 2 fully saturated rings. The number of hydrogen-bond donors (Lipinski definition) is 1. The average molecular weight is 240 g/mol. The Bertz CT molecular complexity index is 325. The SMILES string of the molecule is COC(=O)C[C@@]1(CC(=O)O)C[C@@H]2CCCC[C@@H]21. The molecule has 2 aliphatic rings. The van der Waals surface area contributed by atoms with Crippen molar-refractivity contribution in [3.8, 4) is 0 Å². The van der Waals surface area contributed by atoms with Crippen LogP contribution in [0.4, 0.5) is 0 Å². The first-order valence-electron chi connectivity index (χ1n) is 6.36. The van der Waals surface area contributed by atoms with Gasteiger partial charge in [-0.15, -0.1) is 0 Å². The van der Waals surface area contributed by atoms with Crippen molar-refractivity contribution in [2.24, 2.45) is 17.3 Å². The third-order valence-electron chi connectivity index (χ3n) is 4.59. The molecule has 0 saturated heterocycles. The van der Waals surface area contributed by atoms with Crippen molar-refractivity contribution in [2.75, 3.05) is 7.11 Å². The van der Waals surface area contributed by atoms with E-state index in [1.165, 1.54) is 26.4 Å². The lowest BCUT2D eigenvalue weighted by molar-refractivity contribution is -0.161. The Labute approximate surface area is 101 Å². The molecule has 0 aromatic carbocycles. The molecule has 3 atom stereocenters. The average Bonchev–Trinajstić information content (AvgIpc) is 2.26. The third-order valence-corrected chi connectivity index (χ3v) is 4.59. The van der Waals surface area contributed by atoms with Crippen molar-refractivity contribution < 1.29 is 19.4 Å². The molecule has 17 heavy (non-hydrogen) atoms. The first-order chi connectivity index (χ1) is 8.07. The predicted octanol–water partition coefficient (Wildman–Crippen LogP) is 2.22. The molecule has 0 radical (unpaired) electrons. The molecule has 0 aromatic heterocycles. The van der Waals surface area contributed by atoms with Crippen molar-refractivity contribution in [1.82, 2.24) is 0 Å². The third kappa shape index (κ3) is 2.31. The number of aliphatic carboxylic acids is 1. The summed E-state index contributed by atoms with van der Waals surface area (Å²) in [5.41, 5.74) is -0.315. The summed E-state index contributed by atoms with van der Waals surface area (Å²) in [5, 5.41) is 9.04. The first kappa shape index (κ1) is 12.4. The van der Waals surface area contributed by atoms with E-state index in [9.17, 15) is 9.59 Å². The van der Waals surface area contributed by atoms with E-state index in [4.69, 9.17) is 9.84 Å². The van der Waals surface area contributed by atoms with Gasteiger partial charge in [-0.25, -0.2) is 0 Å². The normalized spacial score (nSPS) is 35.6. The highest BCUT2D eigenvalue weighted by molar-refractivity contribution is 5.73. The molecule has 0 bridgehead atoms. The molecule has 0 spiro atoms. The summed E-state index contributed by atoms with van der Waals surface area (Å²) in [5.74, 6) is 0.00686. The minimum Gasteiger partial charge on any atom is -0.481 e. The number of carboxylic acid groups (broad SMARTS) is 1. The molecule has 1 N–H and O–H groups in total. The smallest absolute Gasteiger partial charge is 0.306 e. The zero-order valence-electron chi connectivity index (χ0n) is 10.3. The topological polar surface area (TPSA) is 63.6 Å². The van der Waals surface area contributed by atoms with Crippen molar-refractivity contribution in [3.05, 3.63) is 0 Å². The van der Waals surface area contributed by atoms with E-state index in [-0.39, 0.29) is 24.2 Å². The summed E-state index contributed by atoms with van der Waals surface area (Å²) >= 11 is 0. The molecule has 96 valence electrons. The maximum atomic E-state index is 11.5. The fourth-order valence-electron chi connectivity index (χ4n) is 3.90. The highest BCUT2D eigenvalue weighted by Crippen LogP contribution is 2.61. The van der Waals surface area contributed by atoms with Crippen LogP contribution < -0.4 is 0 Å². The van der Waals surface area contributed by atoms with E-state index in [0.717, 1.165) is 12.8 Å². The molecule has 0 aromatic rings. The van der Waals surface area contributed by atoms with Crippen LogP contribution in [-0.4, -0.2) is 24.2 Å². The summed E-state index contributed by atoms with van der Waals surface area (Å²) in [4.78, 5) is 22.5. The maximum Gasteiger partial charge on any atom is 0.306 e. The van der Waals surface area contributed by atoms with Gasteiger partial charge < -0.3 is 9.84 Å². The van der Waals surface area contributed by atoms with Gasteiger partial charge in [0.05, 0.1) is 20.0 Å².